The van der Waals surface area contributed by atoms with Gasteiger partial charge in [0, 0.05) is 28.6 Å². The van der Waals surface area contributed by atoms with Gasteiger partial charge in [0.1, 0.15) is 0 Å². The molecule has 0 bridgehead atoms. The van der Waals surface area contributed by atoms with Crippen LogP contribution in [0, 0.1) is 5.92 Å². The molecule has 0 aliphatic heterocycles. The van der Waals surface area contributed by atoms with Crippen LogP contribution in [0.3, 0.4) is 0 Å². The van der Waals surface area contributed by atoms with E-state index >= 15 is 0 Å². The molecule has 0 aliphatic carbocycles. The van der Waals surface area contributed by atoms with Crippen LogP contribution in [0.1, 0.15) is 19.4 Å². The summed E-state index contributed by atoms with van der Waals surface area (Å²) in [7, 11) is 0. The fourth-order valence-electron chi connectivity index (χ4n) is 1.95. The zero-order valence-corrected chi connectivity index (χ0v) is 13.0. The Hall–Kier alpha value is -0.680. The molecule has 0 radical (unpaired) electrons. The van der Waals surface area contributed by atoms with Crippen molar-refractivity contribution in [2.24, 2.45) is 5.92 Å². The highest BCUT2D eigenvalue weighted by atomic mass is 127. The van der Waals surface area contributed by atoms with E-state index < -0.39 is 0 Å². The third-order valence-electron chi connectivity index (χ3n) is 3.21. The average Bonchev–Trinajstić information content (AvgIpc) is 2.39. The van der Waals surface area contributed by atoms with Gasteiger partial charge >= 0.3 is 0 Å². The third-order valence-corrected chi connectivity index (χ3v) is 4.16. The van der Waals surface area contributed by atoms with Gasteiger partial charge in [-0.1, -0.05) is 48.6 Å². The molecule has 1 heterocycles. The highest BCUT2D eigenvalue weighted by Crippen LogP contribution is 2.14. The van der Waals surface area contributed by atoms with E-state index in [4.69, 9.17) is 0 Å². The zero-order chi connectivity index (χ0) is 13.0. The van der Waals surface area contributed by atoms with Crippen molar-refractivity contribution in [1.29, 1.82) is 0 Å². The van der Waals surface area contributed by atoms with E-state index in [2.05, 4.69) is 71.0 Å². The Bertz CT molecular complexity index is 511. The molecular weight excluding hydrogens is 335 g/mol. The van der Waals surface area contributed by atoms with Gasteiger partial charge in [-0.3, -0.25) is 4.98 Å². The molecular formula is C15H19IN2. The second-order valence-corrected chi connectivity index (χ2v) is 5.80. The number of hydrogen-bond acceptors (Lipinski definition) is 2. The van der Waals surface area contributed by atoms with Crippen LogP contribution in [0.25, 0.3) is 10.9 Å². The second kappa shape index (κ2) is 6.48. The van der Waals surface area contributed by atoms with E-state index in [0.717, 1.165) is 16.5 Å². The lowest BCUT2D eigenvalue weighted by molar-refractivity contribution is 0.436. The molecule has 0 saturated heterocycles. The van der Waals surface area contributed by atoms with Crippen molar-refractivity contribution < 1.29 is 0 Å². The molecule has 1 aromatic heterocycles. The number of rotatable bonds is 5. The lowest BCUT2D eigenvalue weighted by Crippen LogP contribution is -2.34. The summed E-state index contributed by atoms with van der Waals surface area (Å²) in [6.07, 6.45) is 1.84. The first kappa shape index (κ1) is 13.7. The molecule has 1 N–H and O–H groups in total. The number of hydrogen-bond donors (Lipinski definition) is 1. The van der Waals surface area contributed by atoms with E-state index in [1.165, 1.54) is 10.9 Å². The maximum absolute atomic E-state index is 4.34. The summed E-state index contributed by atoms with van der Waals surface area (Å²) < 4.78 is 1.14. The molecule has 2 nitrogen and oxygen atoms in total. The number of alkyl halides is 1. The van der Waals surface area contributed by atoms with Crippen molar-refractivity contribution in [3.8, 4) is 0 Å². The molecule has 1 unspecified atom stereocenters. The first-order chi connectivity index (χ1) is 8.70. The van der Waals surface area contributed by atoms with E-state index in [-0.39, 0.29) is 0 Å². The minimum atomic E-state index is 0.579. The number of fused-ring (bicyclic) bond motifs is 1. The predicted octanol–water partition coefficient (Wildman–Crippen LogP) is 3.78. The van der Waals surface area contributed by atoms with Crippen molar-refractivity contribution in [2.45, 2.75) is 26.4 Å². The largest absolute Gasteiger partial charge is 0.309 e. The highest BCUT2D eigenvalue weighted by molar-refractivity contribution is 14.1. The third kappa shape index (κ3) is 3.42. The normalized spacial score (nSPS) is 13.1. The molecule has 1 atom stereocenters. The summed E-state index contributed by atoms with van der Waals surface area (Å²) in [6.45, 7) is 5.46. The molecule has 96 valence electrons. The molecule has 0 aliphatic rings. The van der Waals surface area contributed by atoms with Crippen molar-refractivity contribution >= 4 is 33.5 Å². The lowest BCUT2D eigenvalue weighted by atomic mass is 10.1. The Morgan fingerprint density at radius 3 is 2.83 bits per heavy atom. The summed E-state index contributed by atoms with van der Waals surface area (Å²) in [5, 5.41) is 4.84. The number of aromatic nitrogens is 1. The monoisotopic (exact) mass is 354 g/mol. The van der Waals surface area contributed by atoms with Crippen LogP contribution in [-0.2, 0) is 6.54 Å². The summed E-state index contributed by atoms with van der Waals surface area (Å²) >= 11 is 2.45. The zero-order valence-electron chi connectivity index (χ0n) is 10.9. The lowest BCUT2D eigenvalue weighted by Gasteiger charge is -2.20. The molecule has 2 rings (SSSR count). The second-order valence-electron chi connectivity index (χ2n) is 4.92. The van der Waals surface area contributed by atoms with Gasteiger partial charge in [0.15, 0.2) is 0 Å². The molecule has 0 fully saturated rings. The molecule has 18 heavy (non-hydrogen) atoms. The van der Waals surface area contributed by atoms with Crippen molar-refractivity contribution in [3.05, 3.63) is 42.1 Å². The molecule has 2 aromatic rings. The van der Waals surface area contributed by atoms with Gasteiger partial charge < -0.3 is 5.32 Å². The van der Waals surface area contributed by atoms with Gasteiger partial charge in [-0.15, -0.1) is 0 Å². The minimum Gasteiger partial charge on any atom is -0.309 e. The SMILES string of the molecule is CC(C)C(CI)NCc1ccc2ncccc2c1. The van der Waals surface area contributed by atoms with Crippen LogP contribution in [0.5, 0.6) is 0 Å². The standard InChI is InChI=1S/C15H19IN2/c1-11(2)15(9-16)18-10-12-5-6-14-13(8-12)4-3-7-17-14/h3-8,11,15,18H,9-10H2,1-2H3. The number of halogens is 1. The van der Waals surface area contributed by atoms with E-state index in [9.17, 15) is 0 Å². The first-order valence-corrected chi connectivity index (χ1v) is 7.86. The minimum absolute atomic E-state index is 0.579. The van der Waals surface area contributed by atoms with Gasteiger partial charge in [-0.25, -0.2) is 0 Å². The Kier molecular flexibility index (Phi) is 4.95. The van der Waals surface area contributed by atoms with Crippen molar-refractivity contribution in [3.63, 3.8) is 0 Å². The van der Waals surface area contributed by atoms with E-state index in [0.29, 0.717) is 12.0 Å². The molecule has 1 aromatic carbocycles. The summed E-state index contributed by atoms with van der Waals surface area (Å²) in [4.78, 5) is 4.34. The van der Waals surface area contributed by atoms with Crippen molar-refractivity contribution in [2.75, 3.05) is 4.43 Å². The van der Waals surface area contributed by atoms with Crippen LogP contribution in [0.15, 0.2) is 36.5 Å². The van der Waals surface area contributed by atoms with E-state index in [1.807, 2.05) is 12.3 Å². The number of nitrogens with zero attached hydrogens (tertiary/aromatic N) is 1. The van der Waals surface area contributed by atoms with Gasteiger partial charge in [0.25, 0.3) is 0 Å². The summed E-state index contributed by atoms with van der Waals surface area (Å²) in [5.74, 6) is 0.670. The molecule has 3 heteroatoms. The Morgan fingerprint density at radius 1 is 1.28 bits per heavy atom. The first-order valence-electron chi connectivity index (χ1n) is 6.33. The van der Waals surface area contributed by atoms with Gasteiger partial charge in [-0.05, 0) is 29.7 Å². The van der Waals surface area contributed by atoms with Crippen LogP contribution < -0.4 is 5.32 Å². The fourth-order valence-corrected chi connectivity index (χ4v) is 3.28. The average molecular weight is 354 g/mol. The fraction of sp³-hybridized carbons (Fsp3) is 0.400. The summed E-state index contributed by atoms with van der Waals surface area (Å²) in [5.41, 5.74) is 2.39. The number of benzene rings is 1. The Morgan fingerprint density at radius 2 is 2.11 bits per heavy atom. The Balaban J connectivity index is 2.07. The predicted molar refractivity (Wildman–Crippen MR) is 86.1 cm³/mol. The highest BCUT2D eigenvalue weighted by Gasteiger charge is 2.10. The smallest absolute Gasteiger partial charge is 0.0702 e. The van der Waals surface area contributed by atoms with Gasteiger partial charge in [-0.2, -0.15) is 0 Å². The quantitative estimate of drug-likeness (QED) is 0.653. The van der Waals surface area contributed by atoms with Crippen LogP contribution in [0.4, 0.5) is 0 Å². The van der Waals surface area contributed by atoms with Gasteiger partial charge in [0.05, 0.1) is 5.52 Å². The number of pyridine rings is 1. The summed E-state index contributed by atoms with van der Waals surface area (Å²) in [6, 6.07) is 11.2. The Labute approximate surface area is 122 Å². The number of nitrogens with one attached hydrogen (secondary N) is 1. The van der Waals surface area contributed by atoms with Gasteiger partial charge in [0.2, 0.25) is 0 Å². The van der Waals surface area contributed by atoms with E-state index in [1.54, 1.807) is 0 Å². The maximum Gasteiger partial charge on any atom is 0.0702 e. The topological polar surface area (TPSA) is 24.9 Å². The van der Waals surface area contributed by atoms with Crippen molar-refractivity contribution in [1.82, 2.24) is 10.3 Å². The van der Waals surface area contributed by atoms with Crippen LogP contribution >= 0.6 is 22.6 Å². The molecule has 0 amide bonds. The molecule has 0 saturated carbocycles. The maximum atomic E-state index is 4.34. The van der Waals surface area contributed by atoms with Crippen LogP contribution in [0.2, 0.25) is 0 Å². The molecule has 0 spiro atoms. The van der Waals surface area contributed by atoms with Crippen LogP contribution in [-0.4, -0.2) is 15.5 Å².